The molecule has 4 aromatic rings. The molecule has 3 N–H and O–H groups in total. The highest BCUT2D eigenvalue weighted by atomic mass is 19.1. The lowest BCUT2D eigenvalue weighted by Crippen LogP contribution is -2.32. The summed E-state index contributed by atoms with van der Waals surface area (Å²) in [5.41, 5.74) is 0.339. The lowest BCUT2D eigenvalue weighted by molar-refractivity contribution is 0.0834. The van der Waals surface area contributed by atoms with Crippen molar-refractivity contribution >= 4 is 30.2 Å². The van der Waals surface area contributed by atoms with E-state index in [2.05, 4.69) is 30.8 Å². The maximum Gasteiger partial charge on any atom is 0.496 e. The van der Waals surface area contributed by atoms with Crippen LogP contribution in [-0.4, -0.2) is 50.6 Å². The Morgan fingerprint density at radius 1 is 1.12 bits per heavy atom. The van der Waals surface area contributed by atoms with Crippen LogP contribution in [0.25, 0.3) is 11.5 Å². The van der Waals surface area contributed by atoms with Gasteiger partial charge in [0.05, 0.1) is 29.5 Å². The second-order valence-electron chi connectivity index (χ2n) is 10.3. The molecule has 0 saturated heterocycles. The summed E-state index contributed by atoms with van der Waals surface area (Å²) in [6.07, 6.45) is 1.49. The Morgan fingerprint density at radius 3 is 2.58 bits per heavy atom. The van der Waals surface area contributed by atoms with Crippen LogP contribution in [0.15, 0.2) is 53.1 Å². The zero-order chi connectivity index (χ0) is 28.5. The number of aliphatic hydroxyl groups is 1. The van der Waals surface area contributed by atoms with E-state index in [9.17, 15) is 9.50 Å². The third kappa shape index (κ3) is 5.67. The van der Waals surface area contributed by atoms with E-state index in [-0.39, 0.29) is 24.3 Å². The third-order valence-electron chi connectivity index (χ3n) is 6.36. The van der Waals surface area contributed by atoms with Crippen LogP contribution in [0.5, 0.6) is 0 Å². The molecule has 208 valence electrons. The van der Waals surface area contributed by atoms with Gasteiger partial charge in [-0.1, -0.05) is 36.4 Å². The molecule has 0 saturated carbocycles. The molecule has 5 rings (SSSR count). The number of aliphatic hydroxyl groups excluding tert-OH is 1. The number of halogens is 1. The number of nitrogens with zero attached hydrogens (tertiary/aromatic N) is 5. The van der Waals surface area contributed by atoms with Gasteiger partial charge in [-0.3, -0.25) is 0 Å². The van der Waals surface area contributed by atoms with Crippen LogP contribution in [0.1, 0.15) is 57.8 Å². The van der Waals surface area contributed by atoms with Gasteiger partial charge in [-0.25, -0.2) is 14.4 Å². The van der Waals surface area contributed by atoms with Crippen molar-refractivity contribution in [3.8, 4) is 11.5 Å². The minimum Gasteiger partial charge on any atom is -0.417 e. The molecule has 0 spiro atoms. The first-order chi connectivity index (χ1) is 19.1. The summed E-state index contributed by atoms with van der Waals surface area (Å²) in [4.78, 5) is 13.8. The number of aromatic nitrogens is 5. The predicted octanol–water partition coefficient (Wildman–Crippen LogP) is 4.01. The van der Waals surface area contributed by atoms with Gasteiger partial charge < -0.3 is 29.5 Å². The molecule has 0 amide bonds. The van der Waals surface area contributed by atoms with E-state index in [4.69, 9.17) is 18.7 Å². The zero-order valence-corrected chi connectivity index (χ0v) is 23.0. The second-order valence-corrected chi connectivity index (χ2v) is 10.3. The van der Waals surface area contributed by atoms with Crippen molar-refractivity contribution in [3.63, 3.8) is 0 Å². The van der Waals surface area contributed by atoms with Gasteiger partial charge in [0.2, 0.25) is 5.95 Å². The van der Waals surface area contributed by atoms with Crippen LogP contribution in [0.4, 0.5) is 22.0 Å². The summed E-state index contributed by atoms with van der Waals surface area (Å²) >= 11 is 0. The highest BCUT2D eigenvalue weighted by Crippen LogP contribution is 2.33. The first-order valence-corrected chi connectivity index (χ1v) is 13.0. The SMILES string of the molecule is CCOB1OC(C)(C)c2nc(Nc3ncc(-c4nnc(C(C)(C)F)o4)c(N[C@H](CO)c4ccccc4)n3)ccc21. The fourth-order valence-corrected chi connectivity index (χ4v) is 4.35. The second kappa shape index (κ2) is 10.9. The predicted molar refractivity (Wildman–Crippen MR) is 148 cm³/mol. The molecule has 0 aliphatic carbocycles. The summed E-state index contributed by atoms with van der Waals surface area (Å²) in [7, 11) is -0.482. The average molecular weight is 547 g/mol. The minimum atomic E-state index is -1.82. The van der Waals surface area contributed by atoms with Crippen LogP contribution in [-0.2, 0) is 20.6 Å². The van der Waals surface area contributed by atoms with Gasteiger partial charge in [0.15, 0.2) is 5.67 Å². The maximum atomic E-state index is 14.4. The normalized spacial score (nSPS) is 15.1. The van der Waals surface area contributed by atoms with Crippen LogP contribution in [0.2, 0.25) is 0 Å². The minimum absolute atomic E-state index is 0.0380. The molecule has 1 aliphatic rings. The van der Waals surface area contributed by atoms with Crippen LogP contribution < -0.4 is 16.1 Å². The van der Waals surface area contributed by atoms with E-state index in [0.29, 0.717) is 23.8 Å². The van der Waals surface area contributed by atoms with E-state index in [1.807, 2.05) is 57.2 Å². The number of rotatable bonds is 10. The Morgan fingerprint density at radius 2 is 1.90 bits per heavy atom. The van der Waals surface area contributed by atoms with Crippen molar-refractivity contribution in [2.45, 2.75) is 51.9 Å². The van der Waals surface area contributed by atoms with E-state index in [0.717, 1.165) is 16.7 Å². The van der Waals surface area contributed by atoms with Crippen LogP contribution >= 0.6 is 0 Å². The molecule has 40 heavy (non-hydrogen) atoms. The summed E-state index contributed by atoms with van der Waals surface area (Å²) in [5.74, 6) is 0.902. The van der Waals surface area contributed by atoms with Crippen molar-refractivity contribution < 1.29 is 23.2 Å². The molecule has 0 bridgehead atoms. The monoisotopic (exact) mass is 547 g/mol. The van der Waals surface area contributed by atoms with E-state index < -0.39 is 24.4 Å². The Labute approximate surface area is 231 Å². The number of nitrogens with one attached hydrogen (secondary N) is 2. The fourth-order valence-electron chi connectivity index (χ4n) is 4.35. The number of hydrogen-bond donors (Lipinski definition) is 3. The van der Waals surface area contributed by atoms with Crippen LogP contribution in [0.3, 0.4) is 0 Å². The molecular formula is C27H31BFN7O4. The molecule has 4 heterocycles. The Hall–Kier alpha value is -3.94. The quantitative estimate of drug-likeness (QED) is 0.248. The van der Waals surface area contributed by atoms with Crippen molar-refractivity contribution in [3.05, 3.63) is 65.8 Å². The lowest BCUT2D eigenvalue weighted by atomic mass is 9.80. The van der Waals surface area contributed by atoms with Crippen molar-refractivity contribution in [2.24, 2.45) is 0 Å². The Kier molecular flexibility index (Phi) is 7.54. The van der Waals surface area contributed by atoms with Crippen molar-refractivity contribution in [1.29, 1.82) is 0 Å². The van der Waals surface area contributed by atoms with Gasteiger partial charge in [-0.05, 0) is 46.2 Å². The smallest absolute Gasteiger partial charge is 0.417 e. The number of benzene rings is 1. The van der Waals surface area contributed by atoms with Crippen molar-refractivity contribution in [1.82, 2.24) is 25.1 Å². The van der Waals surface area contributed by atoms with Gasteiger partial charge in [0.25, 0.3) is 11.8 Å². The largest absolute Gasteiger partial charge is 0.496 e. The first kappa shape index (κ1) is 27.6. The van der Waals surface area contributed by atoms with E-state index in [1.165, 1.54) is 20.0 Å². The molecular weight excluding hydrogens is 516 g/mol. The standard InChI is InChI=1S/C27H31BFN7O4/c1-6-38-28-18-12-13-20(32-21(18)27(4,5)40-28)33-25-30-14-17(23-35-36-24(39-23)26(2,3)29)22(34-25)31-19(15-37)16-10-8-7-9-11-16/h7-14,19,37H,6,15H2,1-5H3,(H2,30,31,32,33,34)/t19-/m1/s1. The molecule has 1 aliphatic heterocycles. The highest BCUT2D eigenvalue weighted by Gasteiger charge is 2.44. The number of anilines is 3. The number of alkyl halides is 1. The zero-order valence-electron chi connectivity index (χ0n) is 23.0. The summed E-state index contributed by atoms with van der Waals surface area (Å²) in [6, 6.07) is 12.6. The van der Waals surface area contributed by atoms with Gasteiger partial charge in [0, 0.05) is 18.3 Å². The molecule has 3 aromatic heterocycles. The molecule has 13 heteroatoms. The number of fused-ring (bicyclic) bond motifs is 1. The average Bonchev–Trinajstić information content (AvgIpc) is 3.51. The molecule has 0 unspecified atom stereocenters. The third-order valence-corrected chi connectivity index (χ3v) is 6.36. The summed E-state index contributed by atoms with van der Waals surface area (Å²) < 4.78 is 31.8. The van der Waals surface area contributed by atoms with E-state index >= 15 is 0 Å². The summed E-state index contributed by atoms with van der Waals surface area (Å²) in [6.45, 7) is 8.74. The van der Waals surface area contributed by atoms with Gasteiger partial charge in [-0.15, -0.1) is 10.2 Å². The topological polar surface area (TPSA) is 140 Å². The maximum absolute atomic E-state index is 14.4. The molecule has 11 nitrogen and oxygen atoms in total. The van der Waals surface area contributed by atoms with Crippen molar-refractivity contribution in [2.75, 3.05) is 23.8 Å². The van der Waals surface area contributed by atoms with Gasteiger partial charge >= 0.3 is 7.12 Å². The molecule has 1 atom stereocenters. The number of hydrogen-bond acceptors (Lipinski definition) is 11. The Balaban J connectivity index is 1.50. The van der Waals surface area contributed by atoms with Gasteiger partial charge in [0.1, 0.15) is 11.6 Å². The van der Waals surface area contributed by atoms with E-state index in [1.54, 1.807) is 6.07 Å². The molecule has 0 radical (unpaired) electrons. The number of pyridine rings is 1. The first-order valence-electron chi connectivity index (χ1n) is 13.0. The lowest BCUT2D eigenvalue weighted by Gasteiger charge is -2.20. The molecule has 1 aromatic carbocycles. The fraction of sp³-hybridized carbons (Fsp3) is 0.370. The van der Waals surface area contributed by atoms with Gasteiger partial charge in [-0.2, -0.15) is 4.98 Å². The summed E-state index contributed by atoms with van der Waals surface area (Å²) in [5, 5.41) is 24.4. The molecule has 0 fully saturated rings. The highest BCUT2D eigenvalue weighted by molar-refractivity contribution is 6.63. The Bertz CT molecular complexity index is 1480. The van der Waals surface area contributed by atoms with Crippen LogP contribution in [0, 0.1) is 0 Å².